The number of carbonyl (C=O) groups excluding carboxylic acids is 1. The summed E-state index contributed by atoms with van der Waals surface area (Å²) < 4.78 is 5.39. The van der Waals surface area contributed by atoms with Crippen molar-refractivity contribution in [2.24, 2.45) is 17.8 Å². The molecule has 0 spiro atoms. The Kier molecular flexibility index (Phi) is 2.87. The summed E-state index contributed by atoms with van der Waals surface area (Å²) in [6.07, 6.45) is 1.52. The summed E-state index contributed by atoms with van der Waals surface area (Å²) in [6, 6.07) is 3.30. The standard InChI is InChI=1S/C15H16ClN3O2/c16-12-3-8(14-7(13(12)17)1-2-21-14)15(20)19-6-11-9-4-18-5-10(9)11/h1-3,9-11,18H,4-6,17H2,(H,19,20). The quantitative estimate of drug-likeness (QED) is 0.756. The van der Waals surface area contributed by atoms with Crippen molar-refractivity contribution in [2.45, 2.75) is 0 Å². The highest BCUT2D eigenvalue weighted by molar-refractivity contribution is 6.35. The minimum atomic E-state index is -0.158. The van der Waals surface area contributed by atoms with E-state index < -0.39 is 0 Å². The van der Waals surface area contributed by atoms with Gasteiger partial charge in [0.2, 0.25) is 0 Å². The number of nitrogens with two attached hydrogens (primary N) is 1. The zero-order valence-corrected chi connectivity index (χ0v) is 12.1. The number of fused-ring (bicyclic) bond motifs is 2. The van der Waals surface area contributed by atoms with Gasteiger partial charge in [-0.25, -0.2) is 0 Å². The zero-order valence-electron chi connectivity index (χ0n) is 11.4. The Balaban J connectivity index is 1.54. The fraction of sp³-hybridized carbons (Fsp3) is 0.400. The molecule has 1 aromatic carbocycles. The molecule has 2 heterocycles. The second-order valence-corrected chi connectivity index (χ2v) is 6.25. The molecule has 6 heteroatoms. The summed E-state index contributed by atoms with van der Waals surface area (Å²) in [5.41, 5.74) is 7.27. The third-order valence-electron chi connectivity index (χ3n) is 4.74. The Morgan fingerprint density at radius 1 is 1.48 bits per heavy atom. The number of anilines is 1. The largest absolute Gasteiger partial charge is 0.463 e. The second-order valence-electron chi connectivity index (χ2n) is 5.84. The lowest BCUT2D eigenvalue weighted by atomic mass is 10.1. The zero-order chi connectivity index (χ0) is 14.6. The minimum absolute atomic E-state index is 0.158. The van der Waals surface area contributed by atoms with Crippen LogP contribution in [-0.2, 0) is 0 Å². The molecule has 0 bridgehead atoms. The molecule has 21 heavy (non-hydrogen) atoms. The molecule has 110 valence electrons. The first kappa shape index (κ1) is 13.0. The Morgan fingerprint density at radius 2 is 2.24 bits per heavy atom. The first-order valence-corrected chi connectivity index (χ1v) is 7.48. The average molecular weight is 306 g/mol. The van der Waals surface area contributed by atoms with E-state index in [0.29, 0.717) is 39.7 Å². The topological polar surface area (TPSA) is 80.3 Å². The van der Waals surface area contributed by atoms with Crippen LogP contribution in [0.4, 0.5) is 5.69 Å². The third-order valence-corrected chi connectivity index (χ3v) is 5.05. The van der Waals surface area contributed by atoms with Gasteiger partial charge in [-0.05, 0) is 43.0 Å². The molecule has 2 fully saturated rings. The van der Waals surface area contributed by atoms with Crippen LogP contribution < -0.4 is 16.4 Å². The van der Waals surface area contributed by atoms with Crippen molar-refractivity contribution in [2.75, 3.05) is 25.4 Å². The summed E-state index contributed by atoms with van der Waals surface area (Å²) in [6.45, 7) is 2.85. The Hall–Kier alpha value is -1.72. The maximum absolute atomic E-state index is 12.4. The number of nitrogen functional groups attached to an aromatic ring is 1. The van der Waals surface area contributed by atoms with E-state index in [1.807, 2.05) is 0 Å². The predicted molar refractivity (Wildman–Crippen MR) is 81.3 cm³/mol. The van der Waals surface area contributed by atoms with E-state index in [1.165, 1.54) is 6.26 Å². The van der Waals surface area contributed by atoms with Gasteiger partial charge in [-0.1, -0.05) is 11.6 Å². The van der Waals surface area contributed by atoms with Gasteiger partial charge in [0.05, 0.1) is 22.5 Å². The van der Waals surface area contributed by atoms with E-state index in [4.69, 9.17) is 21.8 Å². The van der Waals surface area contributed by atoms with E-state index in [-0.39, 0.29) is 5.91 Å². The van der Waals surface area contributed by atoms with Crippen LogP contribution in [0.3, 0.4) is 0 Å². The Bertz CT molecular complexity index is 717. The molecule has 4 N–H and O–H groups in total. The normalized spacial score (nSPS) is 26.8. The van der Waals surface area contributed by atoms with Crippen molar-refractivity contribution in [3.63, 3.8) is 0 Å². The number of furan rings is 1. The molecule has 1 saturated heterocycles. The maximum Gasteiger partial charge on any atom is 0.255 e. The first-order chi connectivity index (χ1) is 10.2. The predicted octanol–water partition coefficient (Wildman–Crippen LogP) is 1.86. The first-order valence-electron chi connectivity index (χ1n) is 7.11. The van der Waals surface area contributed by atoms with Gasteiger partial charge in [-0.3, -0.25) is 4.79 Å². The number of hydrogen-bond acceptors (Lipinski definition) is 4. The molecule has 2 aromatic rings. The molecule has 1 aliphatic carbocycles. The summed E-state index contributed by atoms with van der Waals surface area (Å²) >= 11 is 6.09. The van der Waals surface area contributed by atoms with E-state index >= 15 is 0 Å². The van der Waals surface area contributed by atoms with Crippen LogP contribution in [0.1, 0.15) is 10.4 Å². The minimum Gasteiger partial charge on any atom is -0.463 e. The number of nitrogens with one attached hydrogen (secondary N) is 2. The molecule has 2 atom stereocenters. The van der Waals surface area contributed by atoms with Crippen molar-refractivity contribution < 1.29 is 9.21 Å². The van der Waals surface area contributed by atoms with E-state index in [2.05, 4.69) is 10.6 Å². The van der Waals surface area contributed by atoms with E-state index in [1.54, 1.807) is 12.1 Å². The van der Waals surface area contributed by atoms with E-state index in [9.17, 15) is 4.79 Å². The molecule has 1 aromatic heterocycles. The Labute approximate surface area is 126 Å². The van der Waals surface area contributed by atoms with Crippen LogP contribution in [0.2, 0.25) is 5.02 Å². The van der Waals surface area contributed by atoms with Gasteiger partial charge < -0.3 is 20.8 Å². The number of hydrogen-bond donors (Lipinski definition) is 3. The van der Waals surface area contributed by atoms with Gasteiger partial charge in [0.25, 0.3) is 5.91 Å². The van der Waals surface area contributed by atoms with Gasteiger partial charge in [0, 0.05) is 11.9 Å². The molecule has 1 saturated carbocycles. The molecular formula is C15H16ClN3O2. The van der Waals surface area contributed by atoms with Crippen LogP contribution in [0, 0.1) is 17.8 Å². The maximum atomic E-state index is 12.4. The monoisotopic (exact) mass is 305 g/mol. The van der Waals surface area contributed by atoms with Crippen LogP contribution in [0.25, 0.3) is 11.0 Å². The van der Waals surface area contributed by atoms with Gasteiger partial charge in [0.15, 0.2) is 0 Å². The van der Waals surface area contributed by atoms with Crippen molar-refractivity contribution in [3.8, 4) is 0 Å². The number of benzene rings is 1. The van der Waals surface area contributed by atoms with Crippen LogP contribution in [-0.4, -0.2) is 25.5 Å². The van der Waals surface area contributed by atoms with E-state index in [0.717, 1.165) is 24.9 Å². The molecule has 0 radical (unpaired) electrons. The summed E-state index contributed by atoms with van der Waals surface area (Å²) in [5, 5.41) is 7.40. The fourth-order valence-corrected chi connectivity index (χ4v) is 3.66. The molecule has 4 rings (SSSR count). The molecular weight excluding hydrogens is 290 g/mol. The van der Waals surface area contributed by atoms with Crippen molar-refractivity contribution in [3.05, 3.63) is 29.0 Å². The number of rotatable bonds is 3. The lowest BCUT2D eigenvalue weighted by molar-refractivity contribution is 0.0951. The summed E-state index contributed by atoms with van der Waals surface area (Å²) in [4.78, 5) is 12.4. The van der Waals surface area contributed by atoms with Crippen molar-refractivity contribution >= 4 is 34.2 Å². The van der Waals surface area contributed by atoms with Gasteiger partial charge in [0.1, 0.15) is 5.58 Å². The number of piperidine rings is 1. The smallest absolute Gasteiger partial charge is 0.255 e. The highest BCUT2D eigenvalue weighted by Crippen LogP contribution is 2.48. The van der Waals surface area contributed by atoms with Gasteiger partial charge in [-0.2, -0.15) is 0 Å². The molecule has 2 unspecified atom stereocenters. The van der Waals surface area contributed by atoms with Crippen molar-refractivity contribution in [1.29, 1.82) is 0 Å². The van der Waals surface area contributed by atoms with Crippen molar-refractivity contribution in [1.82, 2.24) is 10.6 Å². The number of amides is 1. The second kappa shape index (κ2) is 4.64. The van der Waals surface area contributed by atoms with Gasteiger partial charge >= 0.3 is 0 Å². The highest BCUT2D eigenvalue weighted by Gasteiger charge is 2.52. The molecule has 5 nitrogen and oxygen atoms in total. The molecule has 2 aliphatic rings. The summed E-state index contributed by atoms with van der Waals surface area (Å²) in [5.74, 6) is 1.90. The Morgan fingerprint density at radius 3 is 3.00 bits per heavy atom. The third kappa shape index (κ3) is 2.00. The lowest BCUT2D eigenvalue weighted by Gasteiger charge is -2.09. The lowest BCUT2D eigenvalue weighted by Crippen LogP contribution is -2.28. The van der Waals surface area contributed by atoms with Crippen LogP contribution in [0.5, 0.6) is 0 Å². The van der Waals surface area contributed by atoms with Crippen LogP contribution in [0.15, 0.2) is 22.8 Å². The molecule has 1 aliphatic heterocycles. The number of halogens is 1. The number of carbonyl (C=O) groups is 1. The SMILES string of the molecule is Nc1c(Cl)cc(C(=O)NCC2C3CNCC32)c2occc12. The summed E-state index contributed by atoms with van der Waals surface area (Å²) in [7, 11) is 0. The van der Waals surface area contributed by atoms with Gasteiger partial charge in [-0.15, -0.1) is 0 Å². The molecule has 1 amide bonds. The average Bonchev–Trinajstić information content (AvgIpc) is 2.92. The highest BCUT2D eigenvalue weighted by atomic mass is 35.5. The van der Waals surface area contributed by atoms with Crippen LogP contribution >= 0.6 is 11.6 Å². The fourth-order valence-electron chi connectivity index (χ4n) is 3.45.